The van der Waals surface area contributed by atoms with Crippen LogP contribution in [0.15, 0.2) is 48.5 Å². The zero-order valence-electron chi connectivity index (χ0n) is 18.4. The number of rotatable bonds is 6. The van der Waals surface area contributed by atoms with Gasteiger partial charge in [-0.1, -0.05) is 61.4 Å². The van der Waals surface area contributed by atoms with E-state index in [4.69, 9.17) is 9.84 Å². The van der Waals surface area contributed by atoms with Crippen molar-refractivity contribution in [2.24, 2.45) is 5.92 Å². The molecule has 3 aliphatic rings. The lowest BCUT2D eigenvalue weighted by molar-refractivity contribution is -0.146. The van der Waals surface area contributed by atoms with Gasteiger partial charge in [-0.15, -0.1) is 0 Å². The van der Waals surface area contributed by atoms with Crippen LogP contribution in [0.2, 0.25) is 0 Å². The molecule has 0 spiro atoms. The van der Waals surface area contributed by atoms with Gasteiger partial charge in [0, 0.05) is 12.0 Å². The van der Waals surface area contributed by atoms with Gasteiger partial charge in [-0.25, -0.2) is 4.79 Å². The highest BCUT2D eigenvalue weighted by Crippen LogP contribution is 2.44. The Labute approximate surface area is 192 Å². The molecule has 0 atom stereocenters. The van der Waals surface area contributed by atoms with Crippen molar-refractivity contribution in [3.63, 3.8) is 0 Å². The summed E-state index contributed by atoms with van der Waals surface area (Å²) in [7, 11) is 0. The Balaban J connectivity index is 1.23. The highest BCUT2D eigenvalue weighted by molar-refractivity contribution is 5.91. The van der Waals surface area contributed by atoms with E-state index in [-0.39, 0.29) is 24.5 Å². The molecule has 0 radical (unpaired) electrons. The summed E-state index contributed by atoms with van der Waals surface area (Å²) in [4.78, 5) is 36.9. The minimum atomic E-state index is -0.989. The molecule has 2 aromatic rings. The second-order valence-corrected chi connectivity index (χ2v) is 9.42. The van der Waals surface area contributed by atoms with Crippen molar-refractivity contribution < 1.29 is 24.2 Å². The van der Waals surface area contributed by atoms with Gasteiger partial charge in [-0.3, -0.25) is 9.59 Å². The summed E-state index contributed by atoms with van der Waals surface area (Å²) in [5, 5.41) is 14.9. The van der Waals surface area contributed by atoms with E-state index in [2.05, 4.69) is 34.9 Å². The SMILES string of the molecule is O=C(NC1(C(=O)NC2CC(C(=O)O)C2)CCCC1)OCC1c2ccccc2-c2ccccc21. The smallest absolute Gasteiger partial charge is 0.408 e. The van der Waals surface area contributed by atoms with Gasteiger partial charge in [0.25, 0.3) is 0 Å². The predicted octanol–water partition coefficient (Wildman–Crippen LogP) is 3.82. The van der Waals surface area contributed by atoms with Gasteiger partial charge in [0.05, 0.1) is 5.92 Å². The van der Waals surface area contributed by atoms with Crippen LogP contribution in [-0.4, -0.2) is 41.3 Å². The summed E-state index contributed by atoms with van der Waals surface area (Å²) >= 11 is 0. The molecule has 2 aromatic carbocycles. The van der Waals surface area contributed by atoms with Crippen molar-refractivity contribution >= 4 is 18.0 Å². The van der Waals surface area contributed by atoms with Crippen LogP contribution in [0.1, 0.15) is 55.6 Å². The molecule has 0 bridgehead atoms. The van der Waals surface area contributed by atoms with Crippen LogP contribution < -0.4 is 10.6 Å². The molecule has 172 valence electrons. The molecule has 0 aliphatic heterocycles. The van der Waals surface area contributed by atoms with Crippen LogP contribution in [0.5, 0.6) is 0 Å². The Kier molecular flexibility index (Phi) is 5.56. The van der Waals surface area contributed by atoms with Gasteiger partial charge in [0.2, 0.25) is 5.91 Å². The highest BCUT2D eigenvalue weighted by Gasteiger charge is 2.45. The fourth-order valence-electron chi connectivity index (χ4n) is 5.48. The minimum Gasteiger partial charge on any atom is -0.481 e. The molecule has 2 saturated carbocycles. The summed E-state index contributed by atoms with van der Waals surface area (Å²) in [6.07, 6.45) is 3.07. The first kappa shape index (κ1) is 21.5. The highest BCUT2D eigenvalue weighted by atomic mass is 16.5. The summed E-state index contributed by atoms with van der Waals surface area (Å²) < 4.78 is 5.66. The Morgan fingerprint density at radius 1 is 0.939 bits per heavy atom. The van der Waals surface area contributed by atoms with Crippen molar-refractivity contribution in [2.75, 3.05) is 6.61 Å². The molecule has 0 saturated heterocycles. The molecule has 3 aliphatic carbocycles. The maximum absolute atomic E-state index is 13.0. The van der Waals surface area contributed by atoms with E-state index in [1.807, 2.05) is 24.3 Å². The van der Waals surface area contributed by atoms with E-state index in [9.17, 15) is 14.4 Å². The van der Waals surface area contributed by atoms with E-state index >= 15 is 0 Å². The number of carboxylic acids is 1. The Morgan fingerprint density at radius 3 is 2.09 bits per heavy atom. The maximum Gasteiger partial charge on any atom is 0.408 e. The fraction of sp³-hybridized carbons (Fsp3) is 0.423. The Morgan fingerprint density at radius 2 is 1.52 bits per heavy atom. The third-order valence-corrected chi connectivity index (χ3v) is 7.40. The van der Waals surface area contributed by atoms with Gasteiger partial charge < -0.3 is 20.5 Å². The van der Waals surface area contributed by atoms with E-state index in [1.165, 1.54) is 0 Å². The average molecular weight is 449 g/mol. The van der Waals surface area contributed by atoms with Crippen molar-refractivity contribution in [3.8, 4) is 11.1 Å². The zero-order chi connectivity index (χ0) is 23.0. The van der Waals surface area contributed by atoms with Crippen molar-refractivity contribution in [2.45, 2.75) is 56.0 Å². The van der Waals surface area contributed by atoms with E-state index in [1.54, 1.807) is 0 Å². The number of alkyl carbamates (subject to hydrolysis) is 1. The van der Waals surface area contributed by atoms with Crippen molar-refractivity contribution in [1.29, 1.82) is 0 Å². The zero-order valence-corrected chi connectivity index (χ0v) is 18.4. The lowest BCUT2D eigenvalue weighted by Gasteiger charge is -2.36. The van der Waals surface area contributed by atoms with Crippen LogP contribution in [-0.2, 0) is 14.3 Å². The molecule has 7 nitrogen and oxygen atoms in total. The quantitative estimate of drug-likeness (QED) is 0.623. The Bertz CT molecular complexity index is 1040. The molecule has 3 N–H and O–H groups in total. The number of ether oxygens (including phenoxy) is 1. The monoisotopic (exact) mass is 448 g/mol. The van der Waals surface area contributed by atoms with Crippen LogP contribution in [0.4, 0.5) is 4.79 Å². The third kappa shape index (κ3) is 3.96. The van der Waals surface area contributed by atoms with Crippen LogP contribution in [0, 0.1) is 5.92 Å². The summed E-state index contributed by atoms with van der Waals surface area (Å²) in [5.41, 5.74) is 3.61. The molecule has 0 heterocycles. The van der Waals surface area contributed by atoms with Crippen LogP contribution in [0.25, 0.3) is 11.1 Å². The summed E-state index contributed by atoms with van der Waals surface area (Å²) in [5.74, 6) is -1.50. The Hall–Kier alpha value is -3.35. The molecule has 2 fully saturated rings. The number of benzene rings is 2. The van der Waals surface area contributed by atoms with Crippen molar-refractivity contribution in [3.05, 3.63) is 59.7 Å². The summed E-state index contributed by atoms with van der Waals surface area (Å²) in [6, 6.07) is 16.1. The number of carbonyl (C=O) groups excluding carboxylic acids is 2. The lowest BCUT2D eigenvalue weighted by atomic mass is 9.80. The molecular weight excluding hydrogens is 420 g/mol. The molecule has 7 heteroatoms. The average Bonchev–Trinajstić information content (AvgIpc) is 3.38. The fourth-order valence-corrected chi connectivity index (χ4v) is 5.48. The predicted molar refractivity (Wildman–Crippen MR) is 122 cm³/mol. The molecule has 33 heavy (non-hydrogen) atoms. The lowest BCUT2D eigenvalue weighted by Crippen LogP contribution is -2.60. The summed E-state index contributed by atoms with van der Waals surface area (Å²) in [6.45, 7) is 0.195. The minimum absolute atomic E-state index is 0.0422. The second kappa shape index (κ2) is 8.54. The van der Waals surface area contributed by atoms with Crippen molar-refractivity contribution in [1.82, 2.24) is 10.6 Å². The van der Waals surface area contributed by atoms with Gasteiger partial charge in [-0.05, 0) is 47.9 Å². The molecule has 5 rings (SSSR count). The van der Waals surface area contributed by atoms with Gasteiger partial charge in [0.15, 0.2) is 0 Å². The maximum atomic E-state index is 13.0. The number of hydrogen-bond acceptors (Lipinski definition) is 4. The number of fused-ring (bicyclic) bond motifs is 3. The number of carbonyl (C=O) groups is 3. The standard InChI is InChI=1S/C26H28N2O5/c29-23(30)16-13-17(14-16)27-24(31)26(11-5-6-12-26)28-25(32)33-15-22-20-9-3-1-7-18(20)19-8-2-4-10-21(19)22/h1-4,7-10,16-17,22H,5-6,11-15H2,(H,27,31)(H,28,32)(H,29,30). The number of amides is 2. The van der Waals surface area contributed by atoms with Gasteiger partial charge in [0.1, 0.15) is 12.1 Å². The topological polar surface area (TPSA) is 105 Å². The first-order valence-electron chi connectivity index (χ1n) is 11.6. The number of carboxylic acid groups (broad SMARTS) is 1. The largest absolute Gasteiger partial charge is 0.481 e. The first-order chi connectivity index (χ1) is 16.0. The van der Waals surface area contributed by atoms with Gasteiger partial charge >= 0.3 is 12.1 Å². The first-order valence-corrected chi connectivity index (χ1v) is 11.6. The van der Waals surface area contributed by atoms with Crippen LogP contribution >= 0.6 is 0 Å². The molecular formula is C26H28N2O5. The van der Waals surface area contributed by atoms with Gasteiger partial charge in [-0.2, -0.15) is 0 Å². The normalized spacial score (nSPS) is 22.5. The van der Waals surface area contributed by atoms with Crippen LogP contribution in [0.3, 0.4) is 0 Å². The second-order valence-electron chi connectivity index (χ2n) is 9.42. The molecule has 0 aromatic heterocycles. The number of aliphatic carboxylic acids is 1. The molecule has 0 unspecified atom stereocenters. The van der Waals surface area contributed by atoms with E-state index in [0.29, 0.717) is 25.7 Å². The number of hydrogen-bond donors (Lipinski definition) is 3. The van der Waals surface area contributed by atoms with E-state index in [0.717, 1.165) is 35.1 Å². The van der Waals surface area contributed by atoms with E-state index < -0.39 is 23.5 Å². The third-order valence-electron chi connectivity index (χ3n) is 7.40. The molecule has 2 amide bonds. The number of nitrogens with one attached hydrogen (secondary N) is 2.